The molecular formula is C18H16ClNO3. The standard InChI is InChI=1S/C18H16ClNO3/c1-23-16-7-5-12(6-8-16)13-9-17(21)20(18(22)10-13)15-4-2-3-14(19)11-15/h2-8,11,13H,9-10H2,1H3. The average molecular weight is 330 g/mol. The summed E-state index contributed by atoms with van der Waals surface area (Å²) in [5.74, 6) is 0.243. The van der Waals surface area contributed by atoms with Gasteiger partial charge in [0.05, 0.1) is 12.8 Å². The highest BCUT2D eigenvalue weighted by Gasteiger charge is 2.34. The molecule has 2 aromatic carbocycles. The summed E-state index contributed by atoms with van der Waals surface area (Å²) in [6, 6.07) is 14.3. The average Bonchev–Trinajstić information content (AvgIpc) is 2.54. The van der Waals surface area contributed by atoms with Gasteiger partial charge < -0.3 is 4.74 Å². The van der Waals surface area contributed by atoms with Crippen molar-refractivity contribution in [2.45, 2.75) is 18.8 Å². The summed E-state index contributed by atoms with van der Waals surface area (Å²) in [5, 5.41) is 0.500. The number of carbonyl (C=O) groups is 2. The van der Waals surface area contributed by atoms with Crippen LogP contribution in [-0.2, 0) is 9.59 Å². The number of benzene rings is 2. The molecule has 0 unspecified atom stereocenters. The number of anilines is 1. The number of ether oxygens (including phenoxy) is 1. The highest BCUT2D eigenvalue weighted by molar-refractivity contribution is 6.31. The number of amides is 2. The minimum atomic E-state index is -0.204. The summed E-state index contributed by atoms with van der Waals surface area (Å²) in [6.45, 7) is 0. The van der Waals surface area contributed by atoms with Gasteiger partial charge in [-0.2, -0.15) is 0 Å². The summed E-state index contributed by atoms with van der Waals surface area (Å²) in [5.41, 5.74) is 1.50. The van der Waals surface area contributed by atoms with Gasteiger partial charge in [-0.3, -0.25) is 14.5 Å². The van der Waals surface area contributed by atoms with E-state index in [-0.39, 0.29) is 17.7 Å². The molecule has 1 fully saturated rings. The van der Waals surface area contributed by atoms with Crippen molar-refractivity contribution in [3.8, 4) is 5.75 Å². The molecule has 1 aliphatic heterocycles. The number of hydrogen-bond donors (Lipinski definition) is 0. The molecule has 0 aliphatic carbocycles. The number of hydrogen-bond acceptors (Lipinski definition) is 3. The molecule has 23 heavy (non-hydrogen) atoms. The van der Waals surface area contributed by atoms with Crippen molar-refractivity contribution in [3.63, 3.8) is 0 Å². The van der Waals surface area contributed by atoms with Crippen LogP contribution >= 0.6 is 11.6 Å². The zero-order chi connectivity index (χ0) is 16.4. The molecular weight excluding hydrogens is 314 g/mol. The third-order valence-electron chi connectivity index (χ3n) is 3.99. The molecule has 2 amide bonds. The molecule has 4 nitrogen and oxygen atoms in total. The lowest BCUT2D eigenvalue weighted by Crippen LogP contribution is -2.42. The Balaban J connectivity index is 1.81. The quantitative estimate of drug-likeness (QED) is 0.805. The van der Waals surface area contributed by atoms with Crippen LogP contribution in [0.5, 0.6) is 5.75 Å². The van der Waals surface area contributed by atoms with E-state index in [1.54, 1.807) is 31.4 Å². The minimum Gasteiger partial charge on any atom is -0.497 e. The Hall–Kier alpha value is -2.33. The van der Waals surface area contributed by atoms with Gasteiger partial charge in [-0.15, -0.1) is 0 Å². The SMILES string of the molecule is COc1ccc(C2CC(=O)N(c3cccc(Cl)c3)C(=O)C2)cc1. The van der Waals surface area contributed by atoms with E-state index in [0.717, 1.165) is 11.3 Å². The largest absolute Gasteiger partial charge is 0.497 e. The maximum Gasteiger partial charge on any atom is 0.234 e. The Morgan fingerprint density at radius 1 is 1.04 bits per heavy atom. The third kappa shape index (κ3) is 3.22. The van der Waals surface area contributed by atoms with Crippen LogP contribution in [0.15, 0.2) is 48.5 Å². The maximum atomic E-state index is 12.5. The van der Waals surface area contributed by atoms with E-state index in [1.807, 2.05) is 24.3 Å². The fourth-order valence-electron chi connectivity index (χ4n) is 2.83. The first-order valence-electron chi connectivity index (χ1n) is 7.34. The number of halogens is 1. The van der Waals surface area contributed by atoms with Gasteiger partial charge in [0.1, 0.15) is 5.75 Å². The Morgan fingerprint density at radius 3 is 2.26 bits per heavy atom. The molecule has 0 radical (unpaired) electrons. The first-order chi connectivity index (χ1) is 11.1. The Labute approximate surface area is 139 Å². The molecule has 1 saturated heterocycles. The minimum absolute atomic E-state index is 0.101. The van der Waals surface area contributed by atoms with E-state index in [4.69, 9.17) is 16.3 Å². The van der Waals surface area contributed by atoms with E-state index in [1.165, 1.54) is 4.90 Å². The molecule has 0 atom stereocenters. The topological polar surface area (TPSA) is 46.6 Å². The van der Waals surface area contributed by atoms with E-state index >= 15 is 0 Å². The third-order valence-corrected chi connectivity index (χ3v) is 4.23. The summed E-state index contributed by atoms with van der Waals surface area (Å²) in [6.07, 6.45) is 0.592. The van der Waals surface area contributed by atoms with Gasteiger partial charge in [0.25, 0.3) is 0 Å². The van der Waals surface area contributed by atoms with Crippen molar-refractivity contribution < 1.29 is 14.3 Å². The van der Waals surface area contributed by atoms with Crippen LogP contribution in [0.1, 0.15) is 24.3 Å². The highest BCUT2D eigenvalue weighted by Crippen LogP contribution is 2.33. The first kappa shape index (κ1) is 15.6. The summed E-state index contributed by atoms with van der Waals surface area (Å²) >= 11 is 5.95. The summed E-state index contributed by atoms with van der Waals surface area (Å²) in [7, 11) is 1.60. The molecule has 118 valence electrons. The fourth-order valence-corrected chi connectivity index (χ4v) is 3.01. The van der Waals surface area contributed by atoms with Crippen LogP contribution in [-0.4, -0.2) is 18.9 Å². The number of nitrogens with zero attached hydrogens (tertiary/aromatic N) is 1. The van der Waals surface area contributed by atoms with Gasteiger partial charge in [0, 0.05) is 23.8 Å². The van der Waals surface area contributed by atoms with Crippen molar-refractivity contribution in [3.05, 3.63) is 59.1 Å². The van der Waals surface area contributed by atoms with E-state index < -0.39 is 0 Å². The smallest absolute Gasteiger partial charge is 0.234 e. The number of methoxy groups -OCH3 is 1. The lowest BCUT2D eigenvalue weighted by molar-refractivity contribution is -0.129. The Kier molecular flexibility index (Phi) is 4.35. The lowest BCUT2D eigenvalue weighted by atomic mass is 9.88. The molecule has 1 aliphatic rings. The van der Waals surface area contributed by atoms with Gasteiger partial charge in [-0.25, -0.2) is 0 Å². The molecule has 0 bridgehead atoms. The summed E-state index contributed by atoms with van der Waals surface area (Å²) < 4.78 is 5.13. The zero-order valence-electron chi connectivity index (χ0n) is 12.7. The monoisotopic (exact) mass is 329 g/mol. The number of imide groups is 1. The molecule has 0 saturated carbocycles. The van der Waals surface area contributed by atoms with Crippen molar-refractivity contribution in [1.82, 2.24) is 0 Å². The zero-order valence-corrected chi connectivity index (χ0v) is 13.4. The molecule has 3 rings (SSSR count). The molecule has 0 spiro atoms. The predicted octanol–water partition coefficient (Wildman–Crippen LogP) is 3.79. The van der Waals surface area contributed by atoms with Crippen molar-refractivity contribution in [1.29, 1.82) is 0 Å². The van der Waals surface area contributed by atoms with Crippen LogP contribution < -0.4 is 9.64 Å². The Bertz CT molecular complexity index is 724. The normalized spacial score (nSPS) is 15.8. The van der Waals surface area contributed by atoms with Crippen molar-refractivity contribution >= 4 is 29.1 Å². The summed E-state index contributed by atoms with van der Waals surface area (Å²) in [4.78, 5) is 26.1. The lowest BCUT2D eigenvalue weighted by Gasteiger charge is -2.30. The molecule has 0 aromatic heterocycles. The molecule has 2 aromatic rings. The van der Waals surface area contributed by atoms with Crippen molar-refractivity contribution in [2.75, 3.05) is 12.0 Å². The molecule has 0 N–H and O–H groups in total. The van der Waals surface area contributed by atoms with Crippen molar-refractivity contribution in [2.24, 2.45) is 0 Å². The molecule has 1 heterocycles. The second-order valence-corrected chi connectivity index (χ2v) is 5.92. The van der Waals surface area contributed by atoms with Gasteiger partial charge in [-0.05, 0) is 35.9 Å². The molecule has 5 heteroatoms. The predicted molar refractivity (Wildman–Crippen MR) is 88.9 cm³/mol. The van der Waals surface area contributed by atoms with Crippen LogP contribution in [0.25, 0.3) is 0 Å². The second-order valence-electron chi connectivity index (χ2n) is 5.48. The van der Waals surface area contributed by atoms with Gasteiger partial charge in [0.2, 0.25) is 11.8 Å². The van der Waals surface area contributed by atoms with Gasteiger partial charge >= 0.3 is 0 Å². The highest BCUT2D eigenvalue weighted by atomic mass is 35.5. The van der Waals surface area contributed by atoms with Crippen LogP contribution in [0.2, 0.25) is 5.02 Å². The first-order valence-corrected chi connectivity index (χ1v) is 7.71. The Morgan fingerprint density at radius 2 is 1.70 bits per heavy atom. The van der Waals surface area contributed by atoms with Gasteiger partial charge in [-0.1, -0.05) is 29.8 Å². The fraction of sp³-hybridized carbons (Fsp3) is 0.222. The van der Waals surface area contributed by atoms with E-state index in [2.05, 4.69) is 0 Å². The van der Waals surface area contributed by atoms with Gasteiger partial charge in [0.15, 0.2) is 0 Å². The second kappa shape index (κ2) is 6.42. The van der Waals surface area contributed by atoms with E-state index in [9.17, 15) is 9.59 Å². The number of carbonyl (C=O) groups excluding carboxylic acids is 2. The number of piperidine rings is 1. The van der Waals surface area contributed by atoms with E-state index in [0.29, 0.717) is 23.6 Å². The van der Waals surface area contributed by atoms with Crippen LogP contribution in [0.3, 0.4) is 0 Å². The maximum absolute atomic E-state index is 12.5. The van der Waals surface area contributed by atoms with Crippen LogP contribution in [0, 0.1) is 0 Å². The van der Waals surface area contributed by atoms with Crippen LogP contribution in [0.4, 0.5) is 5.69 Å². The number of rotatable bonds is 3.